The Kier molecular flexibility index (Phi) is 5.78. The zero-order valence-corrected chi connectivity index (χ0v) is 11.9. The van der Waals surface area contributed by atoms with Gasteiger partial charge in [-0.2, -0.15) is 11.8 Å². The molecule has 1 fully saturated rings. The number of carbonyl (C=O) groups is 2. The van der Waals surface area contributed by atoms with Crippen molar-refractivity contribution in [3.8, 4) is 0 Å². The summed E-state index contributed by atoms with van der Waals surface area (Å²) in [4.78, 5) is 24.6. The van der Waals surface area contributed by atoms with Gasteiger partial charge in [-0.25, -0.2) is 9.59 Å². The number of carboxylic acids is 1. The number of rotatable bonds is 6. The van der Waals surface area contributed by atoms with Gasteiger partial charge in [0.2, 0.25) is 0 Å². The summed E-state index contributed by atoms with van der Waals surface area (Å²) in [7, 11) is 0. The topological polar surface area (TPSA) is 69.6 Å². The number of nitrogens with one attached hydrogen (secondary N) is 1. The number of hydrogen-bond donors (Lipinski definition) is 2. The van der Waals surface area contributed by atoms with Crippen molar-refractivity contribution in [3.63, 3.8) is 0 Å². The van der Waals surface area contributed by atoms with Gasteiger partial charge in [-0.15, -0.1) is 0 Å². The molecule has 0 saturated carbocycles. The maximum atomic E-state index is 11.9. The summed E-state index contributed by atoms with van der Waals surface area (Å²) in [6, 6.07) is -0.249. The Balaban J connectivity index is 2.39. The van der Waals surface area contributed by atoms with E-state index in [-0.39, 0.29) is 6.03 Å². The van der Waals surface area contributed by atoms with Crippen LogP contribution in [0, 0.1) is 0 Å². The van der Waals surface area contributed by atoms with E-state index < -0.39 is 11.5 Å². The maximum absolute atomic E-state index is 11.9. The van der Waals surface area contributed by atoms with Crippen molar-refractivity contribution >= 4 is 23.8 Å². The van der Waals surface area contributed by atoms with Crippen LogP contribution < -0.4 is 5.32 Å². The zero-order chi connectivity index (χ0) is 13.6. The molecular weight excluding hydrogens is 252 g/mol. The molecule has 0 bridgehead atoms. The molecule has 0 radical (unpaired) electrons. The number of hydrogen-bond acceptors (Lipinski definition) is 3. The zero-order valence-electron chi connectivity index (χ0n) is 11.1. The van der Waals surface area contributed by atoms with Crippen LogP contribution in [0.5, 0.6) is 0 Å². The Labute approximate surface area is 112 Å². The number of unbranched alkanes of at least 4 members (excludes halogenated alkanes) is 1. The number of likely N-dealkylation sites (tertiary alicyclic amines) is 1. The molecule has 0 aliphatic carbocycles. The Hall–Kier alpha value is -0.910. The molecule has 1 unspecified atom stereocenters. The number of amides is 2. The van der Waals surface area contributed by atoms with E-state index in [0.717, 1.165) is 25.0 Å². The van der Waals surface area contributed by atoms with Gasteiger partial charge < -0.3 is 15.3 Å². The van der Waals surface area contributed by atoms with Crippen molar-refractivity contribution in [1.82, 2.24) is 10.2 Å². The Bertz CT molecular complexity index is 312. The summed E-state index contributed by atoms with van der Waals surface area (Å²) in [6.07, 6.45) is 5.34. The number of aliphatic carboxylic acids is 1. The second-order valence-corrected chi connectivity index (χ2v) is 5.75. The third-order valence-electron chi connectivity index (χ3n) is 3.40. The second kappa shape index (κ2) is 6.87. The normalized spacial score (nSPS) is 23.1. The monoisotopic (exact) mass is 274 g/mol. The van der Waals surface area contributed by atoms with Crippen LogP contribution in [0.4, 0.5) is 4.79 Å². The van der Waals surface area contributed by atoms with Crippen LogP contribution in [0.3, 0.4) is 0 Å². The Morgan fingerprint density at radius 3 is 2.78 bits per heavy atom. The van der Waals surface area contributed by atoms with E-state index in [0.29, 0.717) is 19.5 Å². The van der Waals surface area contributed by atoms with Gasteiger partial charge in [-0.3, -0.25) is 0 Å². The average molecular weight is 274 g/mol. The van der Waals surface area contributed by atoms with E-state index in [9.17, 15) is 14.7 Å². The van der Waals surface area contributed by atoms with Crippen LogP contribution in [-0.2, 0) is 4.79 Å². The van der Waals surface area contributed by atoms with Gasteiger partial charge in [0.25, 0.3) is 0 Å². The first-order valence-electron chi connectivity index (χ1n) is 6.30. The molecule has 0 spiro atoms. The van der Waals surface area contributed by atoms with E-state index in [1.807, 2.05) is 0 Å². The van der Waals surface area contributed by atoms with Crippen LogP contribution >= 0.6 is 11.8 Å². The highest BCUT2D eigenvalue weighted by molar-refractivity contribution is 7.98. The second-order valence-electron chi connectivity index (χ2n) is 4.77. The van der Waals surface area contributed by atoms with Gasteiger partial charge in [0.05, 0.1) is 0 Å². The first-order valence-corrected chi connectivity index (χ1v) is 7.69. The molecule has 1 aliphatic heterocycles. The fraction of sp³-hybridized carbons (Fsp3) is 0.833. The van der Waals surface area contributed by atoms with Crippen molar-refractivity contribution in [2.45, 2.75) is 38.1 Å². The summed E-state index contributed by atoms with van der Waals surface area (Å²) < 4.78 is 0. The largest absolute Gasteiger partial charge is 0.480 e. The predicted octanol–water partition coefficient (Wildman–Crippen LogP) is 1.78. The van der Waals surface area contributed by atoms with Crippen LogP contribution in [0.1, 0.15) is 32.6 Å². The lowest BCUT2D eigenvalue weighted by Gasteiger charge is -2.31. The lowest BCUT2D eigenvalue weighted by Crippen LogP contribution is -2.54. The minimum absolute atomic E-state index is 0.249. The maximum Gasteiger partial charge on any atom is 0.329 e. The van der Waals surface area contributed by atoms with Gasteiger partial charge >= 0.3 is 12.0 Å². The van der Waals surface area contributed by atoms with Gasteiger partial charge in [-0.05, 0) is 44.6 Å². The number of carbonyl (C=O) groups excluding carboxylic acids is 1. The summed E-state index contributed by atoms with van der Waals surface area (Å²) in [5, 5.41) is 12.0. The number of urea groups is 1. The summed E-state index contributed by atoms with van der Waals surface area (Å²) >= 11 is 1.79. The highest BCUT2D eigenvalue weighted by Crippen LogP contribution is 2.29. The lowest BCUT2D eigenvalue weighted by molar-refractivity contribution is -0.147. The minimum Gasteiger partial charge on any atom is -0.480 e. The third kappa shape index (κ3) is 3.54. The third-order valence-corrected chi connectivity index (χ3v) is 4.10. The quantitative estimate of drug-likeness (QED) is 0.724. The fourth-order valence-electron chi connectivity index (χ4n) is 2.17. The van der Waals surface area contributed by atoms with Crippen molar-refractivity contribution < 1.29 is 14.7 Å². The molecule has 6 heteroatoms. The summed E-state index contributed by atoms with van der Waals surface area (Å²) in [5.74, 6) is 0.171. The van der Waals surface area contributed by atoms with Crippen molar-refractivity contribution in [3.05, 3.63) is 0 Å². The minimum atomic E-state index is -1.04. The standard InChI is InChI=1S/C12H22N2O3S/c1-12(10(15)16)6-5-8-14(12)11(17)13-7-3-4-9-18-2/h3-9H2,1-2H3,(H,13,17)(H,15,16). The highest BCUT2D eigenvalue weighted by Gasteiger charge is 2.45. The first kappa shape index (κ1) is 15.1. The highest BCUT2D eigenvalue weighted by atomic mass is 32.2. The number of nitrogens with zero attached hydrogens (tertiary/aromatic N) is 1. The molecule has 1 heterocycles. The van der Waals surface area contributed by atoms with E-state index >= 15 is 0 Å². The Morgan fingerprint density at radius 2 is 2.17 bits per heavy atom. The molecule has 1 saturated heterocycles. The van der Waals surface area contributed by atoms with E-state index in [2.05, 4.69) is 11.6 Å². The lowest BCUT2D eigenvalue weighted by atomic mass is 10.00. The van der Waals surface area contributed by atoms with Crippen LogP contribution in [0.15, 0.2) is 0 Å². The van der Waals surface area contributed by atoms with Crippen LogP contribution in [0.25, 0.3) is 0 Å². The molecule has 5 nitrogen and oxygen atoms in total. The van der Waals surface area contributed by atoms with E-state index in [4.69, 9.17) is 0 Å². The number of thioether (sulfide) groups is 1. The Morgan fingerprint density at radius 1 is 1.44 bits per heavy atom. The molecule has 0 aromatic heterocycles. The fourth-order valence-corrected chi connectivity index (χ4v) is 2.67. The summed E-state index contributed by atoms with van der Waals surface area (Å²) in [5.41, 5.74) is -1.04. The van der Waals surface area contributed by atoms with Gasteiger partial charge in [0.1, 0.15) is 5.54 Å². The average Bonchev–Trinajstić information content (AvgIpc) is 2.72. The molecular formula is C12H22N2O3S. The van der Waals surface area contributed by atoms with Gasteiger partial charge in [-0.1, -0.05) is 0 Å². The SMILES string of the molecule is CSCCCCNC(=O)N1CCCC1(C)C(=O)O. The van der Waals surface area contributed by atoms with Gasteiger partial charge in [0.15, 0.2) is 0 Å². The van der Waals surface area contributed by atoms with Crippen molar-refractivity contribution in [2.75, 3.05) is 25.1 Å². The van der Waals surface area contributed by atoms with Gasteiger partial charge in [0, 0.05) is 13.1 Å². The smallest absolute Gasteiger partial charge is 0.329 e. The predicted molar refractivity (Wildman–Crippen MR) is 73.0 cm³/mol. The van der Waals surface area contributed by atoms with E-state index in [1.54, 1.807) is 18.7 Å². The van der Waals surface area contributed by atoms with Crippen LogP contribution in [0.2, 0.25) is 0 Å². The summed E-state index contributed by atoms with van der Waals surface area (Å²) in [6.45, 7) is 2.76. The number of carboxylic acid groups (broad SMARTS) is 1. The molecule has 0 aromatic rings. The molecule has 0 aromatic carbocycles. The molecule has 18 heavy (non-hydrogen) atoms. The van der Waals surface area contributed by atoms with Crippen LogP contribution in [-0.4, -0.2) is 52.6 Å². The first-order chi connectivity index (χ1) is 8.52. The molecule has 2 amide bonds. The van der Waals surface area contributed by atoms with Crippen molar-refractivity contribution in [1.29, 1.82) is 0 Å². The molecule has 1 aliphatic rings. The van der Waals surface area contributed by atoms with Crippen molar-refractivity contribution in [2.24, 2.45) is 0 Å². The molecule has 2 N–H and O–H groups in total. The molecule has 1 rings (SSSR count). The molecule has 1 atom stereocenters. The molecule has 104 valence electrons. The van der Waals surface area contributed by atoms with E-state index in [1.165, 1.54) is 4.90 Å².